The van der Waals surface area contributed by atoms with Crippen LogP contribution in [0.3, 0.4) is 0 Å². The Morgan fingerprint density at radius 1 is 1.06 bits per heavy atom. The Morgan fingerprint density at radius 3 is 2.82 bits per heavy atom. The number of carbonyl (C=O) groups is 2. The molecule has 0 unspecified atom stereocenters. The Hall–Kier alpha value is -4.20. The fourth-order valence-electron chi connectivity index (χ4n) is 4.85. The van der Waals surface area contributed by atoms with Gasteiger partial charge in [0.15, 0.2) is 17.3 Å². The molecule has 0 fully saturated rings. The average Bonchev–Trinajstić information content (AvgIpc) is 3.50. The van der Waals surface area contributed by atoms with Crippen LogP contribution in [0.5, 0.6) is 11.5 Å². The topological polar surface area (TPSA) is 93.0 Å². The van der Waals surface area contributed by atoms with Crippen molar-refractivity contribution in [1.82, 2.24) is 0 Å². The van der Waals surface area contributed by atoms with E-state index in [1.54, 1.807) is 30.5 Å². The summed E-state index contributed by atoms with van der Waals surface area (Å²) >= 11 is 0. The summed E-state index contributed by atoms with van der Waals surface area (Å²) in [6, 6.07) is 16.2. The molecule has 2 aromatic carbocycles. The number of carbonyl (C=O) groups excluding carboxylic acids is 2. The van der Waals surface area contributed by atoms with Gasteiger partial charge in [-0.15, -0.1) is 0 Å². The molecule has 2 N–H and O–H groups in total. The minimum atomic E-state index is -0.517. The summed E-state index contributed by atoms with van der Waals surface area (Å²) in [5.74, 6) is 1.72. The lowest BCUT2D eigenvalue weighted by atomic mass is 9.88. The van der Waals surface area contributed by atoms with Crippen LogP contribution < -0.4 is 25.0 Å². The van der Waals surface area contributed by atoms with E-state index in [4.69, 9.17) is 13.9 Å². The van der Waals surface area contributed by atoms with Gasteiger partial charge in [0.05, 0.1) is 24.2 Å². The van der Waals surface area contributed by atoms with Crippen LogP contribution in [0.2, 0.25) is 0 Å². The number of ketones is 1. The van der Waals surface area contributed by atoms with E-state index in [2.05, 4.69) is 10.6 Å². The molecule has 3 heterocycles. The number of nitrogens with zero attached hydrogens (tertiary/aromatic N) is 1. The Morgan fingerprint density at radius 2 is 1.94 bits per heavy atom. The van der Waals surface area contributed by atoms with E-state index in [-0.39, 0.29) is 25.0 Å². The van der Waals surface area contributed by atoms with Crippen molar-refractivity contribution in [3.63, 3.8) is 0 Å². The van der Waals surface area contributed by atoms with Crippen LogP contribution in [-0.2, 0) is 9.59 Å². The van der Waals surface area contributed by atoms with Crippen LogP contribution in [0.4, 0.5) is 17.1 Å². The number of hydrogen-bond donors (Lipinski definition) is 2. The number of rotatable bonds is 4. The molecule has 3 aliphatic rings. The summed E-state index contributed by atoms with van der Waals surface area (Å²) in [4.78, 5) is 28.4. The summed E-state index contributed by atoms with van der Waals surface area (Å²) in [5.41, 5.74) is 3.84. The minimum absolute atomic E-state index is 0.0164. The molecule has 1 amide bonds. The maximum atomic E-state index is 13.3. The van der Waals surface area contributed by atoms with Crippen LogP contribution in [0.15, 0.2) is 76.5 Å². The fraction of sp³-hybridized carbons (Fsp3) is 0.231. The van der Waals surface area contributed by atoms with Gasteiger partial charge in [-0.3, -0.25) is 9.59 Å². The zero-order valence-corrected chi connectivity index (χ0v) is 18.4. The smallest absolute Gasteiger partial charge is 0.243 e. The molecule has 1 atom stereocenters. The summed E-state index contributed by atoms with van der Waals surface area (Å²) in [5, 5.41) is 6.43. The van der Waals surface area contributed by atoms with Crippen LogP contribution in [-0.4, -0.2) is 25.0 Å². The molecule has 0 spiro atoms. The van der Waals surface area contributed by atoms with Crippen molar-refractivity contribution in [3.8, 4) is 11.5 Å². The Bertz CT molecular complexity index is 1300. The van der Waals surface area contributed by atoms with Crippen molar-refractivity contribution in [2.45, 2.75) is 25.3 Å². The number of para-hydroxylation sites is 2. The molecular formula is C26H23N3O5. The molecule has 0 radical (unpaired) electrons. The van der Waals surface area contributed by atoms with Crippen LogP contribution in [0.1, 0.15) is 31.1 Å². The first-order chi connectivity index (χ1) is 16.7. The number of fused-ring (bicyclic) bond motifs is 2. The maximum absolute atomic E-state index is 13.3. The molecule has 34 heavy (non-hydrogen) atoms. The lowest BCUT2D eigenvalue weighted by Gasteiger charge is -2.33. The highest BCUT2D eigenvalue weighted by Gasteiger charge is 2.38. The molecule has 1 aromatic heterocycles. The number of allylic oxidation sites excluding steroid dienone is 1. The van der Waals surface area contributed by atoms with E-state index in [1.807, 2.05) is 35.2 Å². The van der Waals surface area contributed by atoms with Crippen molar-refractivity contribution < 1.29 is 23.5 Å². The molecule has 8 heteroatoms. The van der Waals surface area contributed by atoms with E-state index in [1.165, 1.54) is 0 Å². The summed E-state index contributed by atoms with van der Waals surface area (Å²) in [7, 11) is 0. The fourth-order valence-corrected chi connectivity index (χ4v) is 4.85. The van der Waals surface area contributed by atoms with Gasteiger partial charge in [0.25, 0.3) is 0 Å². The first-order valence-corrected chi connectivity index (χ1v) is 11.3. The highest BCUT2D eigenvalue weighted by atomic mass is 16.7. The second-order valence-electron chi connectivity index (χ2n) is 8.47. The van der Waals surface area contributed by atoms with Gasteiger partial charge in [-0.1, -0.05) is 12.1 Å². The molecular weight excluding hydrogens is 434 g/mol. The Labute approximate surface area is 196 Å². The largest absolute Gasteiger partial charge is 0.467 e. The van der Waals surface area contributed by atoms with Crippen molar-refractivity contribution in [2.75, 3.05) is 28.9 Å². The van der Waals surface area contributed by atoms with Gasteiger partial charge in [0, 0.05) is 29.4 Å². The van der Waals surface area contributed by atoms with Crippen molar-refractivity contribution in [1.29, 1.82) is 0 Å². The molecule has 0 saturated carbocycles. The van der Waals surface area contributed by atoms with Gasteiger partial charge in [-0.05, 0) is 49.2 Å². The predicted molar refractivity (Wildman–Crippen MR) is 126 cm³/mol. The lowest BCUT2D eigenvalue weighted by Crippen LogP contribution is -2.38. The van der Waals surface area contributed by atoms with Gasteiger partial charge < -0.3 is 29.4 Å². The molecule has 0 saturated heterocycles. The Balaban J connectivity index is 1.38. The third-order valence-corrected chi connectivity index (χ3v) is 6.32. The van der Waals surface area contributed by atoms with Gasteiger partial charge in [-0.25, -0.2) is 0 Å². The monoisotopic (exact) mass is 457 g/mol. The normalized spacial score (nSPS) is 18.6. The van der Waals surface area contributed by atoms with E-state index >= 15 is 0 Å². The number of nitrogens with one attached hydrogen (secondary N) is 2. The molecule has 2 aliphatic heterocycles. The van der Waals surface area contributed by atoms with Gasteiger partial charge in [-0.2, -0.15) is 0 Å². The first-order valence-electron chi connectivity index (χ1n) is 11.3. The summed E-state index contributed by atoms with van der Waals surface area (Å²) < 4.78 is 16.6. The zero-order chi connectivity index (χ0) is 23.1. The average molecular weight is 457 g/mol. The van der Waals surface area contributed by atoms with Crippen LogP contribution >= 0.6 is 0 Å². The standard InChI is InChI=1S/C26H23N3O5/c30-20-8-3-6-18-25(20)26(22-9-4-12-32-22)29(19-7-2-1-5-17(19)28-18)14-24(31)27-16-10-11-21-23(13-16)34-15-33-21/h1-2,4-5,7,9-13,26,28H,3,6,8,14-15H2,(H,27,31)/t26-/m1/s1. The number of hydrogen-bond acceptors (Lipinski definition) is 7. The number of ether oxygens (including phenoxy) is 2. The van der Waals surface area contributed by atoms with Gasteiger partial charge in [0.1, 0.15) is 11.8 Å². The Kier molecular flexibility index (Phi) is 4.98. The second-order valence-corrected chi connectivity index (χ2v) is 8.47. The summed E-state index contributed by atoms with van der Waals surface area (Å²) in [6.07, 6.45) is 3.63. The molecule has 8 nitrogen and oxygen atoms in total. The zero-order valence-electron chi connectivity index (χ0n) is 18.4. The highest BCUT2D eigenvalue weighted by Crippen LogP contribution is 2.44. The van der Waals surface area contributed by atoms with Crippen molar-refractivity contribution >= 4 is 28.8 Å². The van der Waals surface area contributed by atoms with Crippen molar-refractivity contribution in [3.05, 3.63) is 77.9 Å². The highest BCUT2D eigenvalue weighted by molar-refractivity contribution is 6.02. The SMILES string of the molecule is O=C(CN1c2ccccc2NC2=C(C(=O)CCC2)[C@H]1c1ccco1)Nc1ccc2c(c1)OCO2. The number of benzene rings is 2. The van der Waals surface area contributed by atoms with E-state index in [0.29, 0.717) is 34.9 Å². The first kappa shape index (κ1) is 20.4. The van der Waals surface area contributed by atoms with E-state index < -0.39 is 6.04 Å². The number of furan rings is 1. The molecule has 172 valence electrons. The quantitative estimate of drug-likeness (QED) is 0.590. The lowest BCUT2D eigenvalue weighted by molar-refractivity contribution is -0.117. The van der Waals surface area contributed by atoms with E-state index in [9.17, 15) is 9.59 Å². The van der Waals surface area contributed by atoms with Crippen molar-refractivity contribution in [2.24, 2.45) is 0 Å². The van der Waals surface area contributed by atoms with Crippen LogP contribution in [0.25, 0.3) is 0 Å². The predicted octanol–water partition coefficient (Wildman–Crippen LogP) is 4.63. The maximum Gasteiger partial charge on any atom is 0.243 e. The third-order valence-electron chi connectivity index (χ3n) is 6.32. The van der Waals surface area contributed by atoms with Crippen LogP contribution in [0, 0.1) is 0 Å². The number of amides is 1. The molecule has 3 aromatic rings. The number of anilines is 3. The van der Waals surface area contributed by atoms with Gasteiger partial charge >= 0.3 is 0 Å². The minimum Gasteiger partial charge on any atom is -0.467 e. The van der Waals surface area contributed by atoms with E-state index in [0.717, 1.165) is 29.9 Å². The third kappa shape index (κ3) is 3.57. The molecule has 0 bridgehead atoms. The van der Waals surface area contributed by atoms with Gasteiger partial charge in [0.2, 0.25) is 12.7 Å². The molecule has 1 aliphatic carbocycles. The summed E-state index contributed by atoms with van der Waals surface area (Å²) in [6.45, 7) is 0.184. The number of Topliss-reactive ketones (excluding diaryl/α,β-unsaturated/α-hetero) is 1. The second kappa shape index (κ2) is 8.30. The molecule has 6 rings (SSSR count).